The zero-order valence-electron chi connectivity index (χ0n) is 14.8. The maximum absolute atomic E-state index is 5.19. The van der Waals surface area contributed by atoms with Crippen molar-refractivity contribution in [1.82, 2.24) is 30.0 Å². The molecule has 1 aliphatic heterocycles. The maximum atomic E-state index is 5.19. The molecule has 0 unspecified atom stereocenters. The molecule has 1 fully saturated rings. The smallest absolute Gasteiger partial charge is 0.159 e. The fraction of sp³-hybridized carbons (Fsp3) is 0.368. The fourth-order valence-electron chi connectivity index (χ4n) is 3.42. The van der Waals surface area contributed by atoms with Crippen molar-refractivity contribution in [3.8, 4) is 17.1 Å². The topological polar surface area (TPSA) is 79.8 Å². The summed E-state index contributed by atoms with van der Waals surface area (Å²) >= 11 is 0. The number of nitrogens with zero attached hydrogens (tertiary/aromatic N) is 5. The van der Waals surface area contributed by atoms with Gasteiger partial charge in [-0.05, 0) is 43.7 Å². The third-order valence-corrected chi connectivity index (χ3v) is 4.79. The van der Waals surface area contributed by atoms with Gasteiger partial charge in [-0.3, -0.25) is 10.00 Å². The molecule has 2 aromatic heterocycles. The van der Waals surface area contributed by atoms with Crippen molar-refractivity contribution in [1.29, 1.82) is 0 Å². The van der Waals surface area contributed by atoms with Gasteiger partial charge < -0.3 is 4.74 Å². The molecule has 0 amide bonds. The Morgan fingerprint density at radius 2 is 1.96 bits per heavy atom. The molecule has 0 saturated carbocycles. The minimum absolute atomic E-state index is 0.422. The Balaban J connectivity index is 1.40. The van der Waals surface area contributed by atoms with Crippen molar-refractivity contribution in [3.05, 3.63) is 54.4 Å². The predicted octanol–water partition coefficient (Wildman–Crippen LogP) is 2.65. The van der Waals surface area contributed by atoms with Gasteiger partial charge in [-0.1, -0.05) is 0 Å². The van der Waals surface area contributed by atoms with Gasteiger partial charge >= 0.3 is 0 Å². The van der Waals surface area contributed by atoms with Crippen LogP contribution in [-0.2, 0) is 6.54 Å². The molecule has 1 saturated heterocycles. The van der Waals surface area contributed by atoms with Crippen molar-refractivity contribution in [3.63, 3.8) is 0 Å². The number of benzene rings is 1. The van der Waals surface area contributed by atoms with Crippen LogP contribution in [0, 0.1) is 0 Å². The Labute approximate surface area is 152 Å². The summed E-state index contributed by atoms with van der Waals surface area (Å²) in [5.41, 5.74) is 2.11. The van der Waals surface area contributed by atoms with Gasteiger partial charge in [0.15, 0.2) is 5.82 Å². The van der Waals surface area contributed by atoms with Gasteiger partial charge in [0.1, 0.15) is 17.9 Å². The number of aromatic nitrogens is 5. The molecule has 7 nitrogen and oxygen atoms in total. The Kier molecular flexibility index (Phi) is 4.88. The van der Waals surface area contributed by atoms with Gasteiger partial charge in [0, 0.05) is 42.5 Å². The molecular weight excluding hydrogens is 328 g/mol. The average Bonchev–Trinajstić information content (AvgIpc) is 3.24. The van der Waals surface area contributed by atoms with Crippen LogP contribution in [0.5, 0.6) is 5.75 Å². The van der Waals surface area contributed by atoms with E-state index < -0.39 is 0 Å². The van der Waals surface area contributed by atoms with Crippen LogP contribution >= 0.6 is 0 Å². The number of H-pyrrole nitrogens is 1. The van der Waals surface area contributed by atoms with E-state index in [1.54, 1.807) is 13.4 Å². The van der Waals surface area contributed by atoms with Crippen LogP contribution in [0.1, 0.15) is 30.1 Å². The summed E-state index contributed by atoms with van der Waals surface area (Å²) < 4.78 is 5.19. The number of nitrogens with one attached hydrogen (secondary N) is 1. The quantitative estimate of drug-likeness (QED) is 0.762. The molecule has 26 heavy (non-hydrogen) atoms. The molecule has 0 bridgehead atoms. The van der Waals surface area contributed by atoms with E-state index in [0.29, 0.717) is 5.92 Å². The third kappa shape index (κ3) is 3.72. The number of likely N-dealkylation sites (tertiary alicyclic amines) is 1. The summed E-state index contributed by atoms with van der Waals surface area (Å²) in [5, 5.41) is 6.98. The van der Waals surface area contributed by atoms with Crippen molar-refractivity contribution in [2.75, 3.05) is 20.2 Å². The lowest BCUT2D eigenvalue weighted by atomic mass is 9.97. The Hall–Kier alpha value is -2.80. The van der Waals surface area contributed by atoms with Crippen LogP contribution in [0.15, 0.2) is 43.0 Å². The highest BCUT2D eigenvalue weighted by Crippen LogP contribution is 2.25. The van der Waals surface area contributed by atoms with Crippen LogP contribution in [0.3, 0.4) is 0 Å². The lowest BCUT2D eigenvalue weighted by Crippen LogP contribution is -2.34. The van der Waals surface area contributed by atoms with E-state index in [9.17, 15) is 0 Å². The van der Waals surface area contributed by atoms with Crippen LogP contribution < -0.4 is 4.74 Å². The molecule has 1 N–H and O–H groups in total. The summed E-state index contributed by atoms with van der Waals surface area (Å²) in [6.45, 7) is 2.92. The lowest BCUT2D eigenvalue weighted by Gasteiger charge is -2.31. The van der Waals surface area contributed by atoms with Gasteiger partial charge in [-0.2, -0.15) is 5.10 Å². The van der Waals surface area contributed by atoms with Crippen molar-refractivity contribution in [2.24, 2.45) is 0 Å². The molecule has 134 valence electrons. The summed E-state index contributed by atoms with van der Waals surface area (Å²) in [5.74, 6) is 2.97. The van der Waals surface area contributed by atoms with E-state index in [2.05, 4.69) is 30.0 Å². The van der Waals surface area contributed by atoms with Crippen LogP contribution in [0.2, 0.25) is 0 Å². The zero-order valence-corrected chi connectivity index (χ0v) is 14.8. The minimum Gasteiger partial charge on any atom is -0.497 e. The van der Waals surface area contributed by atoms with Crippen LogP contribution in [0.4, 0.5) is 0 Å². The highest BCUT2D eigenvalue weighted by Gasteiger charge is 2.23. The molecule has 3 aromatic rings. The lowest BCUT2D eigenvalue weighted by molar-refractivity contribution is 0.196. The normalized spacial score (nSPS) is 18.0. The Morgan fingerprint density at radius 1 is 1.15 bits per heavy atom. The predicted molar refractivity (Wildman–Crippen MR) is 97.7 cm³/mol. The minimum atomic E-state index is 0.422. The first-order valence-electron chi connectivity index (χ1n) is 8.85. The molecule has 0 aliphatic carbocycles. The van der Waals surface area contributed by atoms with Gasteiger partial charge in [0.25, 0.3) is 0 Å². The molecule has 0 radical (unpaired) electrons. The second-order valence-electron chi connectivity index (χ2n) is 6.59. The van der Waals surface area contributed by atoms with Gasteiger partial charge in [0.2, 0.25) is 0 Å². The largest absolute Gasteiger partial charge is 0.497 e. The summed E-state index contributed by atoms with van der Waals surface area (Å²) in [7, 11) is 1.66. The van der Waals surface area contributed by atoms with E-state index >= 15 is 0 Å². The number of hydrogen-bond donors (Lipinski definition) is 1. The number of methoxy groups -OCH3 is 1. The molecule has 0 spiro atoms. The number of piperidine rings is 1. The second-order valence-corrected chi connectivity index (χ2v) is 6.59. The van der Waals surface area contributed by atoms with Crippen molar-refractivity contribution in [2.45, 2.75) is 25.3 Å². The fourth-order valence-corrected chi connectivity index (χ4v) is 3.42. The molecule has 1 aromatic carbocycles. The second kappa shape index (κ2) is 7.61. The molecular formula is C19H22N6O. The number of hydrogen-bond acceptors (Lipinski definition) is 6. The average molecular weight is 350 g/mol. The van der Waals surface area contributed by atoms with E-state index in [1.807, 2.05) is 36.7 Å². The molecule has 1 aliphatic rings. The van der Waals surface area contributed by atoms with Gasteiger partial charge in [-0.25, -0.2) is 15.0 Å². The van der Waals surface area contributed by atoms with Crippen LogP contribution in [0.25, 0.3) is 11.4 Å². The first kappa shape index (κ1) is 16.7. The Morgan fingerprint density at radius 3 is 2.65 bits per heavy atom. The first-order chi connectivity index (χ1) is 12.8. The number of aromatic amines is 1. The molecule has 3 heterocycles. The summed E-state index contributed by atoms with van der Waals surface area (Å²) in [6, 6.07) is 7.79. The molecule has 4 rings (SSSR count). The van der Waals surface area contributed by atoms with E-state index in [0.717, 1.165) is 61.0 Å². The highest BCUT2D eigenvalue weighted by molar-refractivity contribution is 5.55. The van der Waals surface area contributed by atoms with E-state index in [-0.39, 0.29) is 0 Å². The van der Waals surface area contributed by atoms with Crippen molar-refractivity contribution >= 4 is 0 Å². The monoisotopic (exact) mass is 350 g/mol. The standard InChI is InChI=1S/C19H22N6O/c1-26-17-6-4-15(5-7-17)18-20-9-14(10-21-18)11-25-8-2-3-16(12-25)19-22-13-23-24-19/h4-7,9-10,13,16H,2-3,8,11-12H2,1H3,(H,22,23,24)/t16-/m0/s1. The summed E-state index contributed by atoms with van der Waals surface area (Å²) in [6.07, 6.45) is 7.74. The highest BCUT2D eigenvalue weighted by atomic mass is 16.5. The zero-order chi connectivity index (χ0) is 17.8. The summed E-state index contributed by atoms with van der Waals surface area (Å²) in [4.78, 5) is 15.8. The van der Waals surface area contributed by atoms with Gasteiger partial charge in [0.05, 0.1) is 7.11 Å². The number of rotatable bonds is 5. The van der Waals surface area contributed by atoms with Crippen molar-refractivity contribution < 1.29 is 4.74 Å². The molecule has 7 heteroatoms. The van der Waals surface area contributed by atoms with E-state index in [4.69, 9.17) is 4.74 Å². The number of ether oxygens (including phenoxy) is 1. The SMILES string of the molecule is COc1ccc(-c2ncc(CN3CCC[C@H](c4ncn[nH]4)C3)cn2)cc1. The maximum Gasteiger partial charge on any atom is 0.159 e. The van der Waals surface area contributed by atoms with Crippen LogP contribution in [-0.4, -0.2) is 50.2 Å². The Bertz CT molecular complexity index is 816. The third-order valence-electron chi connectivity index (χ3n) is 4.79. The van der Waals surface area contributed by atoms with Gasteiger partial charge in [-0.15, -0.1) is 0 Å². The first-order valence-corrected chi connectivity index (χ1v) is 8.85. The van der Waals surface area contributed by atoms with E-state index in [1.165, 1.54) is 0 Å². The molecule has 1 atom stereocenters.